The van der Waals surface area contributed by atoms with E-state index in [0.29, 0.717) is 17.9 Å². The Bertz CT molecular complexity index is 434. The van der Waals surface area contributed by atoms with Crippen LogP contribution in [0.2, 0.25) is 0 Å². The molecule has 2 unspecified atom stereocenters. The van der Waals surface area contributed by atoms with E-state index in [0.717, 1.165) is 17.3 Å². The highest BCUT2D eigenvalue weighted by atomic mass is 32.2. The Hall–Kier alpha value is -1.00. The molecule has 1 N–H and O–H groups in total. The van der Waals surface area contributed by atoms with Crippen molar-refractivity contribution in [1.82, 2.24) is 0 Å². The summed E-state index contributed by atoms with van der Waals surface area (Å²) in [4.78, 5) is 4.64. The number of hydrogen-bond acceptors (Lipinski definition) is 4. The number of thioether (sulfide) groups is 1. The molecule has 1 aliphatic rings. The lowest BCUT2D eigenvalue weighted by molar-refractivity contribution is 0.185. The third-order valence-electron chi connectivity index (χ3n) is 2.81. The molecule has 0 bridgehead atoms. The summed E-state index contributed by atoms with van der Waals surface area (Å²) >= 11 is 1.81. The van der Waals surface area contributed by atoms with E-state index < -0.39 is 0 Å². The molecule has 0 radical (unpaired) electrons. The molecule has 0 saturated carbocycles. The molecular formula is C14H20N2OS. The molecule has 0 aromatic heterocycles. The fourth-order valence-corrected chi connectivity index (χ4v) is 3.27. The van der Waals surface area contributed by atoms with Crippen molar-refractivity contribution >= 4 is 22.6 Å². The van der Waals surface area contributed by atoms with Gasteiger partial charge in [-0.1, -0.05) is 30.8 Å². The maximum atomic E-state index is 5.14. The Balaban J connectivity index is 2.06. The highest BCUT2D eigenvalue weighted by Crippen LogP contribution is 2.26. The molecule has 2 rings (SSSR count). The zero-order valence-corrected chi connectivity index (χ0v) is 12.0. The van der Waals surface area contributed by atoms with Crippen LogP contribution in [-0.4, -0.2) is 23.6 Å². The van der Waals surface area contributed by atoms with Gasteiger partial charge < -0.3 is 10.1 Å². The van der Waals surface area contributed by atoms with Crippen molar-refractivity contribution in [1.29, 1.82) is 0 Å². The predicted molar refractivity (Wildman–Crippen MR) is 79.3 cm³/mol. The quantitative estimate of drug-likeness (QED) is 0.907. The van der Waals surface area contributed by atoms with Gasteiger partial charge in [-0.15, -0.1) is 0 Å². The average molecular weight is 264 g/mol. The summed E-state index contributed by atoms with van der Waals surface area (Å²) in [6, 6.07) is 8.68. The van der Waals surface area contributed by atoms with Crippen LogP contribution in [0.15, 0.2) is 29.3 Å². The monoisotopic (exact) mass is 264 g/mol. The number of nitrogens with zero attached hydrogens (tertiary/aromatic N) is 1. The van der Waals surface area contributed by atoms with Crippen LogP contribution in [0.3, 0.4) is 0 Å². The van der Waals surface area contributed by atoms with Crippen LogP contribution in [0.25, 0.3) is 0 Å². The fourth-order valence-electron chi connectivity index (χ4n) is 2.09. The molecule has 0 aliphatic carbocycles. The highest BCUT2D eigenvalue weighted by molar-refractivity contribution is 8.14. The molecule has 4 heteroatoms. The van der Waals surface area contributed by atoms with E-state index in [9.17, 15) is 0 Å². The average Bonchev–Trinajstić information content (AvgIpc) is 2.28. The molecule has 2 atom stereocenters. The summed E-state index contributed by atoms with van der Waals surface area (Å²) in [7, 11) is 1.71. The molecule has 1 heterocycles. The zero-order chi connectivity index (χ0) is 13.0. The minimum Gasteiger partial charge on any atom is -0.380 e. The van der Waals surface area contributed by atoms with Crippen molar-refractivity contribution in [3.8, 4) is 0 Å². The lowest BCUT2D eigenvalue weighted by atomic mass is 10.2. The molecule has 3 nitrogen and oxygen atoms in total. The molecule has 0 saturated heterocycles. The normalized spacial score (nSPS) is 23.6. The van der Waals surface area contributed by atoms with E-state index in [2.05, 4.69) is 42.4 Å². The van der Waals surface area contributed by atoms with Gasteiger partial charge in [0.2, 0.25) is 0 Å². The van der Waals surface area contributed by atoms with Crippen LogP contribution >= 0.6 is 11.8 Å². The van der Waals surface area contributed by atoms with Gasteiger partial charge in [-0.3, -0.25) is 4.99 Å². The number of hydrogen-bond donors (Lipinski definition) is 1. The molecular weight excluding hydrogens is 244 g/mol. The van der Waals surface area contributed by atoms with Crippen molar-refractivity contribution in [3.63, 3.8) is 0 Å². The van der Waals surface area contributed by atoms with Crippen LogP contribution in [0.4, 0.5) is 5.69 Å². The Morgan fingerprint density at radius 1 is 1.44 bits per heavy atom. The van der Waals surface area contributed by atoms with Crippen molar-refractivity contribution < 1.29 is 4.74 Å². The fraction of sp³-hybridized carbons (Fsp3) is 0.500. The van der Waals surface area contributed by atoms with Gasteiger partial charge in [0.15, 0.2) is 5.17 Å². The standard InChI is InChI=1S/C14H20N2OS/c1-10-7-11(2)18-14(15-10)16-13-6-4-5-12(8-13)9-17-3/h4-6,8,10-11H,7,9H2,1-3H3,(H,15,16). The van der Waals surface area contributed by atoms with Crippen LogP contribution in [0, 0.1) is 0 Å². The van der Waals surface area contributed by atoms with Gasteiger partial charge in [0, 0.05) is 18.0 Å². The number of methoxy groups -OCH3 is 1. The maximum Gasteiger partial charge on any atom is 0.161 e. The summed E-state index contributed by atoms with van der Waals surface area (Å²) in [6.45, 7) is 5.06. The zero-order valence-electron chi connectivity index (χ0n) is 11.1. The number of ether oxygens (including phenoxy) is 1. The van der Waals surface area contributed by atoms with Gasteiger partial charge in [-0.2, -0.15) is 0 Å². The van der Waals surface area contributed by atoms with Crippen LogP contribution < -0.4 is 5.32 Å². The van der Waals surface area contributed by atoms with Gasteiger partial charge in [-0.05, 0) is 31.0 Å². The minimum absolute atomic E-state index is 0.408. The second-order valence-corrected chi connectivity index (χ2v) is 6.13. The first-order chi connectivity index (χ1) is 8.67. The first-order valence-electron chi connectivity index (χ1n) is 6.26. The lowest BCUT2D eigenvalue weighted by Gasteiger charge is -2.23. The van der Waals surface area contributed by atoms with E-state index >= 15 is 0 Å². The number of nitrogens with one attached hydrogen (secondary N) is 1. The van der Waals surface area contributed by atoms with E-state index in [1.807, 2.05) is 17.8 Å². The third-order valence-corrected chi connectivity index (χ3v) is 3.84. The second kappa shape index (κ2) is 6.25. The summed E-state index contributed by atoms with van der Waals surface area (Å²) in [5.41, 5.74) is 2.25. The maximum absolute atomic E-state index is 5.14. The van der Waals surface area contributed by atoms with E-state index in [1.54, 1.807) is 7.11 Å². The topological polar surface area (TPSA) is 33.6 Å². The molecule has 1 aromatic carbocycles. The molecule has 0 fully saturated rings. The number of benzene rings is 1. The summed E-state index contributed by atoms with van der Waals surface area (Å²) < 4.78 is 5.14. The molecule has 1 aliphatic heterocycles. The SMILES string of the molecule is COCc1cccc(NC2=NC(C)CC(C)S2)c1. The predicted octanol–water partition coefficient (Wildman–Crippen LogP) is 3.51. The summed E-state index contributed by atoms with van der Waals surface area (Å²) in [5, 5.41) is 5.05. The smallest absolute Gasteiger partial charge is 0.161 e. The number of aliphatic imine (C=N–C) groups is 1. The summed E-state index contributed by atoms with van der Waals surface area (Å²) in [5.74, 6) is 0. The van der Waals surface area contributed by atoms with E-state index in [1.165, 1.54) is 5.56 Å². The Morgan fingerprint density at radius 3 is 3.00 bits per heavy atom. The van der Waals surface area contributed by atoms with Crippen LogP contribution in [0.5, 0.6) is 0 Å². The highest BCUT2D eigenvalue weighted by Gasteiger charge is 2.18. The van der Waals surface area contributed by atoms with Crippen LogP contribution in [0.1, 0.15) is 25.8 Å². The molecule has 0 amide bonds. The van der Waals surface area contributed by atoms with Gasteiger partial charge >= 0.3 is 0 Å². The molecule has 0 spiro atoms. The second-order valence-electron chi connectivity index (χ2n) is 4.71. The van der Waals surface area contributed by atoms with Crippen molar-refractivity contribution in [3.05, 3.63) is 29.8 Å². The molecule has 1 aromatic rings. The number of amidine groups is 1. The van der Waals surface area contributed by atoms with Crippen molar-refractivity contribution in [2.45, 2.75) is 38.2 Å². The molecule has 18 heavy (non-hydrogen) atoms. The van der Waals surface area contributed by atoms with Gasteiger partial charge in [0.25, 0.3) is 0 Å². The number of rotatable bonds is 3. The van der Waals surface area contributed by atoms with Gasteiger partial charge in [0.1, 0.15) is 0 Å². The largest absolute Gasteiger partial charge is 0.380 e. The van der Waals surface area contributed by atoms with Gasteiger partial charge in [-0.25, -0.2) is 0 Å². The first-order valence-corrected chi connectivity index (χ1v) is 7.14. The molecule has 98 valence electrons. The number of anilines is 1. The minimum atomic E-state index is 0.408. The lowest BCUT2D eigenvalue weighted by Crippen LogP contribution is -2.22. The van der Waals surface area contributed by atoms with E-state index in [4.69, 9.17) is 4.74 Å². The van der Waals surface area contributed by atoms with Gasteiger partial charge in [0.05, 0.1) is 12.6 Å². The first kappa shape index (κ1) is 13.4. The Kier molecular flexibility index (Phi) is 4.66. The Labute approximate surface area is 113 Å². The Morgan fingerprint density at radius 2 is 2.28 bits per heavy atom. The summed E-state index contributed by atoms with van der Waals surface area (Å²) in [6.07, 6.45) is 1.15. The third kappa shape index (κ3) is 3.75. The van der Waals surface area contributed by atoms with Crippen molar-refractivity contribution in [2.24, 2.45) is 4.99 Å². The van der Waals surface area contributed by atoms with Crippen LogP contribution in [-0.2, 0) is 11.3 Å². The van der Waals surface area contributed by atoms with Crippen molar-refractivity contribution in [2.75, 3.05) is 12.4 Å². The van der Waals surface area contributed by atoms with E-state index in [-0.39, 0.29) is 0 Å².